The van der Waals surface area contributed by atoms with Gasteiger partial charge in [0.2, 0.25) is 0 Å². The van der Waals surface area contributed by atoms with E-state index in [0.29, 0.717) is 19.7 Å². The summed E-state index contributed by atoms with van der Waals surface area (Å²) in [7, 11) is 0. The molecule has 6 heteroatoms. The first-order valence-corrected chi connectivity index (χ1v) is 8.89. The van der Waals surface area contributed by atoms with Gasteiger partial charge in [-0.1, -0.05) is 19.1 Å². The second-order valence-electron chi connectivity index (χ2n) is 5.33. The van der Waals surface area contributed by atoms with E-state index in [1.54, 1.807) is 11.8 Å². The largest absolute Gasteiger partial charge is 0.376 e. The van der Waals surface area contributed by atoms with Gasteiger partial charge in [-0.05, 0) is 17.9 Å². The molecule has 0 aliphatic carbocycles. The monoisotopic (exact) mass is 331 g/mol. The number of nitrogens with zero attached hydrogens (tertiary/aromatic N) is 2. The molecule has 2 heterocycles. The predicted octanol–water partition coefficient (Wildman–Crippen LogP) is 2.50. The van der Waals surface area contributed by atoms with E-state index in [2.05, 4.69) is 17.3 Å². The number of amides is 1. The van der Waals surface area contributed by atoms with Crippen molar-refractivity contribution in [3.63, 3.8) is 0 Å². The van der Waals surface area contributed by atoms with Crippen LogP contribution in [0.5, 0.6) is 0 Å². The van der Waals surface area contributed by atoms with Crippen molar-refractivity contribution in [2.75, 3.05) is 18.9 Å². The zero-order valence-corrected chi connectivity index (χ0v) is 14.1. The lowest BCUT2D eigenvalue weighted by Gasteiger charge is -2.15. The number of nitrogens with one attached hydrogen (secondary N) is 1. The molecule has 122 valence electrons. The molecule has 1 aromatic carbocycles. The zero-order valence-electron chi connectivity index (χ0n) is 13.2. The van der Waals surface area contributed by atoms with Crippen LogP contribution in [0.3, 0.4) is 0 Å². The maximum atomic E-state index is 12.4. The molecule has 0 spiro atoms. The van der Waals surface area contributed by atoms with Crippen LogP contribution in [0.2, 0.25) is 0 Å². The summed E-state index contributed by atoms with van der Waals surface area (Å²) in [6.07, 6.45) is 2.75. The summed E-state index contributed by atoms with van der Waals surface area (Å²) < 4.78 is 7.40. The number of carbonyl (C=O) groups is 1. The molecule has 23 heavy (non-hydrogen) atoms. The third-order valence-electron chi connectivity index (χ3n) is 3.82. The Morgan fingerprint density at radius 1 is 1.43 bits per heavy atom. The normalized spacial score (nSPS) is 13.6. The Morgan fingerprint density at radius 2 is 2.30 bits per heavy atom. The highest BCUT2D eigenvalue weighted by molar-refractivity contribution is 7.99. The van der Waals surface area contributed by atoms with Crippen LogP contribution in [0.15, 0.2) is 35.4 Å². The van der Waals surface area contributed by atoms with E-state index >= 15 is 0 Å². The number of ether oxygens (including phenoxy) is 1. The molecule has 1 N–H and O–H groups in total. The van der Waals surface area contributed by atoms with Gasteiger partial charge in [0, 0.05) is 29.1 Å². The third kappa shape index (κ3) is 3.76. The topological polar surface area (TPSA) is 56.2 Å². The van der Waals surface area contributed by atoms with E-state index in [1.807, 2.05) is 35.1 Å². The van der Waals surface area contributed by atoms with Gasteiger partial charge in [0.05, 0.1) is 31.5 Å². The van der Waals surface area contributed by atoms with Crippen LogP contribution < -0.4 is 5.32 Å². The Labute approximate surface area is 140 Å². The second kappa shape index (κ2) is 7.66. The summed E-state index contributed by atoms with van der Waals surface area (Å²) in [5.41, 5.74) is 3.13. The molecule has 0 saturated heterocycles. The zero-order chi connectivity index (χ0) is 16.1. The van der Waals surface area contributed by atoms with E-state index in [9.17, 15) is 4.79 Å². The third-order valence-corrected chi connectivity index (χ3v) is 4.77. The van der Waals surface area contributed by atoms with E-state index in [1.165, 1.54) is 5.69 Å². The molecule has 1 amide bonds. The molecule has 0 unspecified atom stereocenters. The highest BCUT2D eigenvalue weighted by Gasteiger charge is 2.15. The van der Waals surface area contributed by atoms with Crippen molar-refractivity contribution in [3.8, 4) is 0 Å². The molecule has 0 bridgehead atoms. The molecule has 1 aliphatic rings. The van der Waals surface area contributed by atoms with Crippen molar-refractivity contribution < 1.29 is 9.53 Å². The lowest BCUT2D eigenvalue weighted by molar-refractivity contribution is 0.0947. The molecular formula is C17H21N3O2S. The molecule has 0 fully saturated rings. The van der Waals surface area contributed by atoms with Crippen LogP contribution in [0.1, 0.15) is 28.5 Å². The summed E-state index contributed by atoms with van der Waals surface area (Å²) in [5, 5.41) is 7.39. The summed E-state index contributed by atoms with van der Waals surface area (Å²) in [5.74, 6) is 0.928. The highest BCUT2D eigenvalue weighted by atomic mass is 32.2. The van der Waals surface area contributed by atoms with E-state index < -0.39 is 0 Å². The minimum Gasteiger partial charge on any atom is -0.376 e. The maximum absolute atomic E-state index is 12.4. The van der Waals surface area contributed by atoms with Crippen LogP contribution in [-0.4, -0.2) is 34.6 Å². The van der Waals surface area contributed by atoms with Gasteiger partial charge in [0.15, 0.2) is 0 Å². The fraction of sp³-hybridized carbons (Fsp3) is 0.412. The van der Waals surface area contributed by atoms with Crippen LogP contribution in [0.4, 0.5) is 0 Å². The van der Waals surface area contributed by atoms with Gasteiger partial charge in [-0.25, -0.2) is 0 Å². The minimum absolute atomic E-state index is 0.0223. The average molecular weight is 331 g/mol. The molecule has 0 saturated carbocycles. The van der Waals surface area contributed by atoms with Crippen LogP contribution in [0, 0.1) is 0 Å². The Hall–Kier alpha value is -1.79. The first-order chi connectivity index (χ1) is 11.3. The quantitative estimate of drug-likeness (QED) is 0.826. The molecule has 2 aromatic rings. The molecule has 0 radical (unpaired) electrons. The van der Waals surface area contributed by atoms with Crippen LogP contribution in [-0.2, 0) is 24.3 Å². The van der Waals surface area contributed by atoms with Crippen molar-refractivity contribution in [1.82, 2.24) is 15.1 Å². The second-order valence-corrected chi connectivity index (χ2v) is 6.63. The maximum Gasteiger partial charge on any atom is 0.252 e. The van der Waals surface area contributed by atoms with Gasteiger partial charge in [0.1, 0.15) is 0 Å². The summed E-state index contributed by atoms with van der Waals surface area (Å²) in [6.45, 7) is 4.73. The number of rotatable bonds is 6. The average Bonchev–Trinajstić information content (AvgIpc) is 2.99. The molecule has 1 aliphatic heterocycles. The summed E-state index contributed by atoms with van der Waals surface area (Å²) in [4.78, 5) is 13.4. The van der Waals surface area contributed by atoms with Gasteiger partial charge < -0.3 is 10.1 Å². The number of benzene rings is 1. The van der Waals surface area contributed by atoms with Crippen molar-refractivity contribution >= 4 is 17.7 Å². The van der Waals surface area contributed by atoms with E-state index in [-0.39, 0.29) is 5.91 Å². The lowest BCUT2D eigenvalue weighted by Crippen LogP contribution is -2.28. The van der Waals surface area contributed by atoms with E-state index in [0.717, 1.165) is 34.8 Å². The van der Waals surface area contributed by atoms with Crippen molar-refractivity contribution in [2.45, 2.75) is 31.4 Å². The predicted molar refractivity (Wildman–Crippen MR) is 90.8 cm³/mol. The van der Waals surface area contributed by atoms with Crippen molar-refractivity contribution in [3.05, 3.63) is 47.3 Å². The van der Waals surface area contributed by atoms with Gasteiger partial charge in [-0.15, -0.1) is 11.8 Å². The summed E-state index contributed by atoms with van der Waals surface area (Å²) >= 11 is 1.69. The molecule has 0 atom stereocenters. The van der Waals surface area contributed by atoms with Crippen molar-refractivity contribution in [2.24, 2.45) is 0 Å². The highest BCUT2D eigenvalue weighted by Crippen LogP contribution is 2.22. The Kier molecular flexibility index (Phi) is 5.35. The minimum atomic E-state index is -0.0223. The fourth-order valence-corrected chi connectivity index (χ4v) is 3.51. The number of fused-ring (bicyclic) bond motifs is 1. The Morgan fingerprint density at radius 3 is 3.17 bits per heavy atom. The summed E-state index contributed by atoms with van der Waals surface area (Å²) in [6, 6.07) is 7.73. The smallest absolute Gasteiger partial charge is 0.252 e. The molecule has 1 aromatic heterocycles. The molecule has 3 rings (SSSR count). The van der Waals surface area contributed by atoms with Crippen LogP contribution in [0.25, 0.3) is 0 Å². The Bertz CT molecular complexity index is 684. The number of hydrogen-bond donors (Lipinski definition) is 1. The standard InChI is InChI=1S/C17H21N3O2S/c1-2-23-16-6-4-3-5-14(16)17(21)18-8-9-20-15-7-10-22-12-13(15)11-19-20/h3-6,11H,2,7-10,12H2,1H3,(H,18,21). The first kappa shape index (κ1) is 16.1. The number of thioether (sulfide) groups is 1. The Balaban J connectivity index is 1.58. The van der Waals surface area contributed by atoms with Gasteiger partial charge >= 0.3 is 0 Å². The van der Waals surface area contributed by atoms with Gasteiger partial charge in [-0.2, -0.15) is 5.10 Å². The lowest BCUT2D eigenvalue weighted by atomic mass is 10.2. The SMILES string of the molecule is CCSc1ccccc1C(=O)NCCn1ncc2c1CCOC2. The van der Waals surface area contributed by atoms with Gasteiger partial charge in [-0.3, -0.25) is 9.48 Å². The fourth-order valence-electron chi connectivity index (χ4n) is 2.71. The van der Waals surface area contributed by atoms with Gasteiger partial charge in [0.25, 0.3) is 5.91 Å². The molecule has 5 nitrogen and oxygen atoms in total. The number of hydrogen-bond acceptors (Lipinski definition) is 4. The van der Waals surface area contributed by atoms with Crippen LogP contribution >= 0.6 is 11.8 Å². The molecular weight excluding hydrogens is 310 g/mol. The number of aromatic nitrogens is 2. The van der Waals surface area contributed by atoms with Crippen molar-refractivity contribution in [1.29, 1.82) is 0 Å². The van der Waals surface area contributed by atoms with E-state index in [4.69, 9.17) is 4.74 Å². The number of carbonyl (C=O) groups excluding carboxylic acids is 1. The first-order valence-electron chi connectivity index (χ1n) is 7.91.